The highest BCUT2D eigenvalue weighted by molar-refractivity contribution is 7.99. The van der Waals surface area contributed by atoms with Crippen LogP contribution >= 0.6 is 11.8 Å². The van der Waals surface area contributed by atoms with Crippen LogP contribution in [0.15, 0.2) is 71.0 Å². The molecule has 0 aliphatic heterocycles. The average molecular weight is 434 g/mol. The number of hydrogen-bond acceptors (Lipinski definition) is 7. The van der Waals surface area contributed by atoms with E-state index in [0.717, 1.165) is 12.0 Å². The summed E-state index contributed by atoms with van der Waals surface area (Å²) in [6.45, 7) is 2.17. The smallest absolute Gasteiger partial charge is 0.191 e. The van der Waals surface area contributed by atoms with Crippen molar-refractivity contribution in [1.82, 2.24) is 14.8 Å². The fourth-order valence-electron chi connectivity index (χ4n) is 3.08. The predicted molar refractivity (Wildman–Crippen MR) is 120 cm³/mol. The zero-order valence-corrected chi connectivity index (χ0v) is 18.2. The summed E-state index contributed by atoms with van der Waals surface area (Å²) >= 11 is 1.24. The number of ketones is 1. The molecule has 0 atom stereocenters. The van der Waals surface area contributed by atoms with Gasteiger partial charge in [0.2, 0.25) is 0 Å². The van der Waals surface area contributed by atoms with E-state index in [0.29, 0.717) is 23.3 Å². The number of Topliss-reactive ketones (excluding diaryl/α,β-unsaturated/α-hetero) is 1. The number of aryl methyl sites for hydroxylation is 1. The van der Waals surface area contributed by atoms with Gasteiger partial charge in [0.25, 0.3) is 0 Å². The van der Waals surface area contributed by atoms with Gasteiger partial charge in [0.15, 0.2) is 16.8 Å². The van der Waals surface area contributed by atoms with E-state index < -0.39 is 0 Å². The molecular formula is C23H23N5O2S. The molecular weight excluding hydrogens is 410 g/mol. The van der Waals surface area contributed by atoms with Crippen molar-refractivity contribution in [2.45, 2.75) is 25.0 Å². The van der Waals surface area contributed by atoms with Gasteiger partial charge >= 0.3 is 0 Å². The van der Waals surface area contributed by atoms with Gasteiger partial charge < -0.3 is 15.0 Å². The Kier molecular flexibility index (Phi) is 7.46. The topological polar surface area (TPSA) is 107 Å². The second-order valence-corrected chi connectivity index (χ2v) is 7.72. The highest BCUT2D eigenvalue weighted by Gasteiger charge is 2.19. The van der Waals surface area contributed by atoms with Crippen LogP contribution in [0.25, 0.3) is 11.4 Å². The first-order valence-corrected chi connectivity index (χ1v) is 10.7. The van der Waals surface area contributed by atoms with E-state index in [1.807, 2.05) is 53.1 Å². The number of carbonyl (C=O) groups is 1. The number of thioether (sulfide) groups is 1. The van der Waals surface area contributed by atoms with Crippen LogP contribution in [-0.2, 0) is 17.8 Å². The van der Waals surface area contributed by atoms with Crippen molar-refractivity contribution in [2.24, 2.45) is 5.73 Å². The third-order valence-corrected chi connectivity index (χ3v) is 5.62. The third kappa shape index (κ3) is 5.32. The van der Waals surface area contributed by atoms with Gasteiger partial charge in [0.1, 0.15) is 17.4 Å². The standard InChI is InChI=1S/C23H23N5O2S/c1-16(25)19(14-24)20(29)15-31-23-27-26-22(18-10-6-7-11-21(18)30-2)28(23)13-12-17-8-4-3-5-9-17/h3-11H,12-13,15,25H2,1-2H3. The highest BCUT2D eigenvalue weighted by Crippen LogP contribution is 2.31. The maximum atomic E-state index is 12.4. The Bertz CT molecular complexity index is 1130. The molecule has 3 aromatic rings. The molecule has 0 aliphatic rings. The van der Waals surface area contributed by atoms with Crippen molar-refractivity contribution >= 4 is 17.5 Å². The molecule has 31 heavy (non-hydrogen) atoms. The van der Waals surface area contributed by atoms with Crippen LogP contribution in [0, 0.1) is 11.3 Å². The molecule has 2 aromatic carbocycles. The van der Waals surface area contributed by atoms with E-state index in [1.165, 1.54) is 17.3 Å². The first kappa shape index (κ1) is 22.1. The summed E-state index contributed by atoms with van der Waals surface area (Å²) < 4.78 is 7.48. The first-order chi connectivity index (χ1) is 15.0. The van der Waals surface area contributed by atoms with Gasteiger partial charge in [-0.05, 0) is 31.0 Å². The molecule has 1 aromatic heterocycles. The summed E-state index contributed by atoms with van der Waals surface area (Å²) in [5, 5.41) is 18.5. The molecule has 8 heteroatoms. The number of benzene rings is 2. The summed E-state index contributed by atoms with van der Waals surface area (Å²) in [6, 6.07) is 19.6. The van der Waals surface area contributed by atoms with Gasteiger partial charge in [-0.1, -0.05) is 54.2 Å². The Labute approximate surface area is 185 Å². The van der Waals surface area contributed by atoms with Gasteiger partial charge in [-0.3, -0.25) is 4.79 Å². The van der Waals surface area contributed by atoms with Crippen molar-refractivity contribution in [3.05, 3.63) is 71.4 Å². The van der Waals surface area contributed by atoms with Crippen LogP contribution in [-0.4, -0.2) is 33.4 Å². The zero-order chi connectivity index (χ0) is 22.2. The monoisotopic (exact) mass is 433 g/mol. The summed E-state index contributed by atoms with van der Waals surface area (Å²) in [5.41, 5.74) is 7.85. The predicted octanol–water partition coefficient (Wildman–Crippen LogP) is 3.61. The van der Waals surface area contributed by atoms with E-state index in [1.54, 1.807) is 14.0 Å². The minimum Gasteiger partial charge on any atom is -0.496 e. The first-order valence-electron chi connectivity index (χ1n) is 9.68. The largest absolute Gasteiger partial charge is 0.496 e. The normalized spacial score (nSPS) is 11.5. The Morgan fingerprint density at radius 1 is 1.16 bits per heavy atom. The molecule has 158 valence electrons. The van der Waals surface area contributed by atoms with Gasteiger partial charge in [-0.25, -0.2) is 0 Å². The van der Waals surface area contributed by atoms with Crippen LogP contribution < -0.4 is 10.5 Å². The lowest BCUT2D eigenvalue weighted by Crippen LogP contribution is -2.11. The number of aromatic nitrogens is 3. The second kappa shape index (κ2) is 10.5. The van der Waals surface area contributed by atoms with Gasteiger partial charge in [0.05, 0.1) is 18.4 Å². The number of rotatable bonds is 9. The number of allylic oxidation sites excluding steroid dienone is 2. The number of methoxy groups -OCH3 is 1. The van der Waals surface area contributed by atoms with Crippen molar-refractivity contribution < 1.29 is 9.53 Å². The molecule has 0 spiro atoms. The van der Waals surface area contributed by atoms with Gasteiger partial charge in [-0.2, -0.15) is 5.26 Å². The molecule has 0 bridgehead atoms. The molecule has 2 N–H and O–H groups in total. The average Bonchev–Trinajstić information content (AvgIpc) is 3.19. The van der Waals surface area contributed by atoms with Crippen LogP contribution in [0.5, 0.6) is 5.75 Å². The maximum Gasteiger partial charge on any atom is 0.191 e. The van der Waals surface area contributed by atoms with Crippen molar-refractivity contribution in [3.8, 4) is 23.2 Å². The molecule has 7 nitrogen and oxygen atoms in total. The van der Waals surface area contributed by atoms with Crippen LogP contribution in [0.1, 0.15) is 12.5 Å². The summed E-state index contributed by atoms with van der Waals surface area (Å²) in [6.07, 6.45) is 0.772. The van der Waals surface area contributed by atoms with Crippen molar-refractivity contribution in [2.75, 3.05) is 12.9 Å². The molecule has 3 rings (SSSR count). The number of nitrogens with zero attached hydrogens (tertiary/aromatic N) is 4. The maximum absolute atomic E-state index is 12.4. The summed E-state index contributed by atoms with van der Waals surface area (Å²) in [4.78, 5) is 12.4. The van der Waals surface area contributed by atoms with Gasteiger partial charge in [-0.15, -0.1) is 10.2 Å². The number of nitrogens with two attached hydrogens (primary N) is 1. The quantitative estimate of drug-likeness (QED) is 0.312. The highest BCUT2D eigenvalue weighted by atomic mass is 32.2. The van der Waals surface area contributed by atoms with E-state index >= 15 is 0 Å². The molecule has 0 unspecified atom stereocenters. The van der Waals surface area contributed by atoms with E-state index in [4.69, 9.17) is 10.5 Å². The molecule has 0 radical (unpaired) electrons. The number of hydrogen-bond donors (Lipinski definition) is 1. The summed E-state index contributed by atoms with van der Waals surface area (Å²) in [5.74, 6) is 1.07. The Hall–Kier alpha value is -3.57. The van der Waals surface area contributed by atoms with E-state index in [9.17, 15) is 10.1 Å². The Balaban J connectivity index is 1.92. The van der Waals surface area contributed by atoms with Crippen LogP contribution in [0.2, 0.25) is 0 Å². The number of para-hydroxylation sites is 1. The zero-order valence-electron chi connectivity index (χ0n) is 17.4. The van der Waals surface area contributed by atoms with Crippen LogP contribution in [0.4, 0.5) is 0 Å². The molecule has 0 amide bonds. The van der Waals surface area contributed by atoms with E-state index in [2.05, 4.69) is 22.3 Å². The Morgan fingerprint density at radius 2 is 1.87 bits per heavy atom. The molecule has 0 aliphatic carbocycles. The molecule has 1 heterocycles. The lowest BCUT2D eigenvalue weighted by atomic mass is 10.1. The van der Waals surface area contributed by atoms with Crippen molar-refractivity contribution in [1.29, 1.82) is 5.26 Å². The SMILES string of the molecule is COc1ccccc1-c1nnc(SCC(=O)C(C#N)=C(C)N)n1CCc1ccccc1. The molecule has 0 saturated carbocycles. The lowest BCUT2D eigenvalue weighted by Gasteiger charge is -2.12. The minimum absolute atomic E-state index is 0.0206. The number of ether oxygens (including phenoxy) is 1. The second-order valence-electron chi connectivity index (χ2n) is 6.78. The minimum atomic E-state index is -0.330. The molecule has 0 fully saturated rings. The fourth-order valence-corrected chi connectivity index (χ4v) is 3.92. The lowest BCUT2D eigenvalue weighted by molar-refractivity contribution is -0.112. The van der Waals surface area contributed by atoms with E-state index in [-0.39, 0.29) is 22.8 Å². The number of nitriles is 1. The molecule has 0 saturated heterocycles. The summed E-state index contributed by atoms with van der Waals surface area (Å²) in [7, 11) is 1.61. The Morgan fingerprint density at radius 3 is 2.55 bits per heavy atom. The van der Waals surface area contributed by atoms with Crippen molar-refractivity contribution in [3.63, 3.8) is 0 Å². The van der Waals surface area contributed by atoms with Gasteiger partial charge in [0, 0.05) is 12.2 Å². The number of carbonyl (C=O) groups excluding carboxylic acids is 1. The third-order valence-electron chi connectivity index (χ3n) is 4.65. The fraction of sp³-hybridized carbons (Fsp3) is 0.217. The van der Waals surface area contributed by atoms with Crippen LogP contribution in [0.3, 0.4) is 0 Å².